The number of rotatable bonds is 4. The third-order valence-corrected chi connectivity index (χ3v) is 2.87. The molecule has 1 heterocycles. The number of nitrogens with one attached hydrogen (secondary N) is 1. The van der Waals surface area contributed by atoms with E-state index in [-0.39, 0.29) is 0 Å². The van der Waals surface area contributed by atoms with Crippen LogP contribution in [0.2, 0.25) is 0 Å². The van der Waals surface area contributed by atoms with E-state index in [2.05, 4.69) is 5.32 Å². The fraction of sp³-hybridized carbons (Fsp3) is 0.429. The molecule has 0 saturated carbocycles. The molecule has 110 valence electrons. The van der Waals surface area contributed by atoms with E-state index in [1.165, 1.54) is 17.4 Å². The number of esters is 1. The van der Waals surface area contributed by atoms with E-state index in [0.29, 0.717) is 12.3 Å². The van der Waals surface area contributed by atoms with Crippen LogP contribution in [0.3, 0.4) is 0 Å². The van der Waals surface area contributed by atoms with Gasteiger partial charge >= 0.3 is 12.1 Å². The van der Waals surface area contributed by atoms with Crippen molar-refractivity contribution in [3.63, 3.8) is 0 Å². The van der Waals surface area contributed by atoms with Gasteiger partial charge < -0.3 is 9.47 Å². The number of hydrogen-bond acceptors (Lipinski definition) is 5. The minimum absolute atomic E-state index is 0.330. The number of hydrogen-bond donors (Lipinski definition) is 1. The normalized spacial score (nSPS) is 11.4. The first kappa shape index (κ1) is 16.2. The van der Waals surface area contributed by atoms with Crippen LogP contribution < -0.4 is 5.32 Å². The Morgan fingerprint density at radius 2 is 2.10 bits per heavy atom. The molecule has 0 fully saturated rings. The maximum absolute atomic E-state index is 11.7. The summed E-state index contributed by atoms with van der Waals surface area (Å²) in [5.41, 5.74) is 0.0471. The zero-order valence-corrected chi connectivity index (χ0v) is 12.9. The monoisotopic (exact) mass is 297 g/mol. The van der Waals surface area contributed by atoms with Gasteiger partial charge in [-0.15, -0.1) is 11.3 Å². The predicted molar refractivity (Wildman–Crippen MR) is 79.8 cm³/mol. The second-order valence-electron chi connectivity index (χ2n) is 4.91. The van der Waals surface area contributed by atoms with Crippen molar-refractivity contribution in [2.75, 3.05) is 11.9 Å². The summed E-state index contributed by atoms with van der Waals surface area (Å²) in [6.07, 6.45) is 2.41. The number of anilines is 1. The lowest BCUT2D eigenvalue weighted by Crippen LogP contribution is -2.27. The van der Waals surface area contributed by atoms with Crippen LogP contribution in [0.1, 0.15) is 32.6 Å². The van der Waals surface area contributed by atoms with Crippen molar-refractivity contribution in [2.45, 2.75) is 33.3 Å². The van der Waals surface area contributed by atoms with Gasteiger partial charge in [-0.05, 0) is 45.2 Å². The maximum atomic E-state index is 11.7. The summed E-state index contributed by atoms with van der Waals surface area (Å²) in [5.74, 6) is -0.413. The van der Waals surface area contributed by atoms with Crippen molar-refractivity contribution in [2.24, 2.45) is 0 Å². The molecule has 1 N–H and O–H groups in total. The molecule has 6 heteroatoms. The molecule has 0 atom stereocenters. The molecule has 0 radical (unpaired) electrons. The van der Waals surface area contributed by atoms with Gasteiger partial charge in [0.1, 0.15) is 5.60 Å². The molecule has 0 aliphatic carbocycles. The molecular weight excluding hydrogens is 278 g/mol. The average molecular weight is 297 g/mol. The lowest BCUT2D eigenvalue weighted by Gasteiger charge is -2.19. The van der Waals surface area contributed by atoms with E-state index in [9.17, 15) is 9.59 Å². The van der Waals surface area contributed by atoms with E-state index in [1.54, 1.807) is 39.8 Å². The zero-order chi connectivity index (χ0) is 15.2. The van der Waals surface area contributed by atoms with Crippen molar-refractivity contribution in [1.82, 2.24) is 0 Å². The predicted octanol–water partition coefficient (Wildman–Crippen LogP) is 3.67. The quantitative estimate of drug-likeness (QED) is 0.680. The van der Waals surface area contributed by atoms with Crippen LogP contribution in [0, 0.1) is 0 Å². The van der Waals surface area contributed by atoms with Gasteiger partial charge in [0.25, 0.3) is 0 Å². The number of thiophene rings is 1. The molecule has 1 amide bonds. The first-order valence-corrected chi connectivity index (χ1v) is 7.12. The summed E-state index contributed by atoms with van der Waals surface area (Å²) in [6.45, 7) is 7.45. The Kier molecular flexibility index (Phi) is 5.76. The molecule has 1 rings (SSSR count). The molecule has 1 aromatic rings. The molecule has 1 aromatic heterocycles. The lowest BCUT2D eigenvalue weighted by molar-refractivity contribution is -0.137. The maximum Gasteiger partial charge on any atom is 0.412 e. The first-order valence-electron chi connectivity index (χ1n) is 6.24. The van der Waals surface area contributed by atoms with Gasteiger partial charge in [-0.25, -0.2) is 9.59 Å². The van der Waals surface area contributed by atoms with Crippen molar-refractivity contribution >= 4 is 35.2 Å². The van der Waals surface area contributed by atoms with Crippen LogP contribution in [0.15, 0.2) is 17.5 Å². The Balaban J connectivity index is 2.67. The Morgan fingerprint density at radius 3 is 2.70 bits per heavy atom. The molecule has 0 spiro atoms. The number of carbonyl (C=O) groups excluding carboxylic acids is 2. The molecule has 0 bridgehead atoms. The average Bonchev–Trinajstić information content (AvgIpc) is 2.71. The van der Waals surface area contributed by atoms with E-state index in [1.807, 2.05) is 5.38 Å². The Morgan fingerprint density at radius 1 is 1.40 bits per heavy atom. The second kappa shape index (κ2) is 7.09. The van der Waals surface area contributed by atoms with Crippen LogP contribution in [-0.4, -0.2) is 24.3 Å². The van der Waals surface area contributed by atoms with E-state index in [0.717, 1.165) is 4.88 Å². The molecular formula is C14H19NO4S. The van der Waals surface area contributed by atoms with Gasteiger partial charge in [-0.3, -0.25) is 5.32 Å². The number of carbonyl (C=O) groups is 2. The molecule has 0 unspecified atom stereocenters. The molecule has 0 aromatic carbocycles. The van der Waals surface area contributed by atoms with Crippen LogP contribution in [0.5, 0.6) is 0 Å². The molecule has 0 aliphatic heterocycles. The van der Waals surface area contributed by atoms with Crippen LogP contribution >= 0.6 is 11.3 Å². The second-order valence-corrected chi connectivity index (χ2v) is 5.86. The highest BCUT2D eigenvalue weighted by atomic mass is 32.1. The third kappa shape index (κ3) is 5.88. The SMILES string of the molecule is CCOC(=O)/C=C\c1sccc1NC(=O)OC(C)(C)C. The fourth-order valence-corrected chi connectivity index (χ4v) is 2.04. The summed E-state index contributed by atoms with van der Waals surface area (Å²) >= 11 is 1.40. The summed E-state index contributed by atoms with van der Waals surface area (Å²) in [5, 5.41) is 4.47. The van der Waals surface area contributed by atoms with Crippen molar-refractivity contribution in [1.29, 1.82) is 0 Å². The first-order chi connectivity index (χ1) is 9.31. The van der Waals surface area contributed by atoms with E-state index in [4.69, 9.17) is 9.47 Å². The molecule has 5 nitrogen and oxygen atoms in total. The highest BCUT2D eigenvalue weighted by Crippen LogP contribution is 2.24. The minimum Gasteiger partial charge on any atom is -0.463 e. The highest BCUT2D eigenvalue weighted by Gasteiger charge is 2.17. The highest BCUT2D eigenvalue weighted by molar-refractivity contribution is 7.11. The summed E-state index contributed by atoms with van der Waals surface area (Å²) in [6, 6.07) is 1.75. The molecule has 0 saturated heterocycles. The summed E-state index contributed by atoms with van der Waals surface area (Å²) in [4.78, 5) is 23.7. The molecule has 20 heavy (non-hydrogen) atoms. The Labute approximate surface area is 122 Å². The third-order valence-electron chi connectivity index (χ3n) is 1.99. The minimum atomic E-state index is -0.555. The van der Waals surface area contributed by atoms with Gasteiger partial charge in [0, 0.05) is 6.08 Å². The van der Waals surface area contributed by atoms with Crippen LogP contribution in [-0.2, 0) is 14.3 Å². The van der Waals surface area contributed by atoms with Crippen molar-refractivity contribution in [3.8, 4) is 0 Å². The van der Waals surface area contributed by atoms with Gasteiger partial charge in [0.2, 0.25) is 0 Å². The van der Waals surface area contributed by atoms with E-state index >= 15 is 0 Å². The van der Waals surface area contributed by atoms with Crippen LogP contribution in [0.4, 0.5) is 10.5 Å². The lowest BCUT2D eigenvalue weighted by atomic mass is 10.2. The smallest absolute Gasteiger partial charge is 0.412 e. The van der Waals surface area contributed by atoms with Gasteiger partial charge in [-0.1, -0.05) is 0 Å². The zero-order valence-electron chi connectivity index (χ0n) is 12.1. The Hall–Kier alpha value is -1.82. The van der Waals surface area contributed by atoms with Crippen LogP contribution in [0.25, 0.3) is 6.08 Å². The van der Waals surface area contributed by atoms with E-state index < -0.39 is 17.7 Å². The van der Waals surface area contributed by atoms with Crippen molar-refractivity contribution in [3.05, 3.63) is 22.4 Å². The van der Waals surface area contributed by atoms with Gasteiger partial charge in [-0.2, -0.15) is 0 Å². The van der Waals surface area contributed by atoms with Gasteiger partial charge in [0.15, 0.2) is 0 Å². The Bertz CT molecular complexity index is 500. The van der Waals surface area contributed by atoms with Gasteiger partial charge in [0.05, 0.1) is 17.2 Å². The van der Waals surface area contributed by atoms with Crippen molar-refractivity contribution < 1.29 is 19.1 Å². The number of ether oxygens (including phenoxy) is 2. The molecule has 0 aliphatic rings. The fourth-order valence-electron chi connectivity index (χ4n) is 1.30. The largest absolute Gasteiger partial charge is 0.463 e. The standard InChI is InChI=1S/C14H19NO4S/c1-5-18-12(16)7-6-11-10(8-9-20-11)15-13(17)19-14(2,3)4/h6-9H,5H2,1-4H3,(H,15,17)/b7-6-. The number of amides is 1. The summed E-state index contributed by atoms with van der Waals surface area (Å²) < 4.78 is 9.96. The summed E-state index contributed by atoms with van der Waals surface area (Å²) in [7, 11) is 0. The topological polar surface area (TPSA) is 64.6 Å².